The van der Waals surface area contributed by atoms with E-state index in [1.807, 2.05) is 0 Å². The Balaban J connectivity index is 1.77. The van der Waals surface area contributed by atoms with Gasteiger partial charge in [-0.15, -0.1) is 0 Å². The summed E-state index contributed by atoms with van der Waals surface area (Å²) in [5.74, 6) is -0.468. The van der Waals surface area contributed by atoms with E-state index in [4.69, 9.17) is 0 Å². The van der Waals surface area contributed by atoms with Crippen LogP contribution < -0.4 is 5.32 Å². The van der Waals surface area contributed by atoms with Crippen LogP contribution in [0.3, 0.4) is 0 Å². The summed E-state index contributed by atoms with van der Waals surface area (Å²) in [7, 11) is 0. The lowest BCUT2D eigenvalue weighted by Gasteiger charge is -2.39. The summed E-state index contributed by atoms with van der Waals surface area (Å²) in [5, 5.41) is 2.42. The number of rotatable bonds is 2. The average Bonchev–Trinajstić information content (AvgIpc) is 2.94. The van der Waals surface area contributed by atoms with E-state index in [2.05, 4.69) is 12.2 Å². The smallest absolute Gasteiger partial charge is 0.277 e. The standard InChI is InChI=1S/C16H24N2O3/c1-10-6-8-12(9-7-10)18-15(20)13(11-4-2-3-5-11)14(19)17-16(18)21/h10-13H,2-9H2,1H3,(H,17,19,21). The number of hydrogen-bond acceptors (Lipinski definition) is 3. The Bertz CT molecular complexity index is 448. The third kappa shape index (κ3) is 2.70. The molecule has 21 heavy (non-hydrogen) atoms. The number of imide groups is 2. The van der Waals surface area contributed by atoms with Gasteiger partial charge in [-0.25, -0.2) is 4.79 Å². The van der Waals surface area contributed by atoms with Gasteiger partial charge in [0.05, 0.1) is 0 Å². The number of carbonyl (C=O) groups is 3. The first kappa shape index (κ1) is 14.5. The van der Waals surface area contributed by atoms with Crippen LogP contribution in [0.1, 0.15) is 58.3 Å². The highest BCUT2D eigenvalue weighted by atomic mass is 16.2. The van der Waals surface area contributed by atoms with Crippen LogP contribution in [0.15, 0.2) is 0 Å². The summed E-state index contributed by atoms with van der Waals surface area (Å²) in [6.45, 7) is 2.21. The molecule has 5 heteroatoms. The summed E-state index contributed by atoms with van der Waals surface area (Å²) < 4.78 is 0. The normalized spacial score (nSPS) is 35.2. The van der Waals surface area contributed by atoms with Crippen LogP contribution in [0.25, 0.3) is 0 Å². The first-order chi connectivity index (χ1) is 10.1. The molecule has 3 aliphatic rings. The van der Waals surface area contributed by atoms with Crippen LogP contribution in [0, 0.1) is 17.8 Å². The van der Waals surface area contributed by atoms with Crippen LogP contribution in [0.5, 0.6) is 0 Å². The number of nitrogens with one attached hydrogen (secondary N) is 1. The number of nitrogens with zero attached hydrogens (tertiary/aromatic N) is 1. The molecule has 0 aromatic heterocycles. The summed E-state index contributed by atoms with van der Waals surface area (Å²) in [6, 6.07) is -0.524. The predicted molar refractivity (Wildman–Crippen MR) is 77.3 cm³/mol. The van der Waals surface area contributed by atoms with Gasteiger partial charge < -0.3 is 0 Å². The number of amides is 4. The average molecular weight is 292 g/mol. The maximum atomic E-state index is 12.8. The molecule has 5 nitrogen and oxygen atoms in total. The predicted octanol–water partition coefficient (Wildman–Crippen LogP) is 2.45. The first-order valence-electron chi connectivity index (χ1n) is 8.26. The molecule has 0 spiro atoms. The van der Waals surface area contributed by atoms with Crippen molar-refractivity contribution >= 4 is 17.8 Å². The van der Waals surface area contributed by atoms with Gasteiger partial charge in [-0.1, -0.05) is 19.8 Å². The van der Waals surface area contributed by atoms with E-state index in [0.29, 0.717) is 5.92 Å². The molecular formula is C16H24N2O3. The summed E-state index contributed by atoms with van der Waals surface area (Å²) in [5.41, 5.74) is 0. The molecule has 1 N–H and O–H groups in total. The maximum Gasteiger partial charge on any atom is 0.331 e. The fourth-order valence-corrected chi connectivity index (χ4v) is 4.16. The Morgan fingerprint density at radius 1 is 0.952 bits per heavy atom. The molecule has 2 saturated carbocycles. The summed E-state index contributed by atoms with van der Waals surface area (Å²) >= 11 is 0. The largest absolute Gasteiger partial charge is 0.331 e. The maximum absolute atomic E-state index is 12.8. The van der Waals surface area contributed by atoms with E-state index >= 15 is 0 Å². The minimum absolute atomic E-state index is 0.0225. The van der Waals surface area contributed by atoms with Crippen LogP contribution in [0.2, 0.25) is 0 Å². The molecule has 2 aliphatic carbocycles. The molecule has 0 aromatic rings. The second-order valence-electron chi connectivity index (χ2n) is 6.94. The van der Waals surface area contributed by atoms with Crippen LogP contribution in [-0.4, -0.2) is 28.8 Å². The zero-order chi connectivity index (χ0) is 15.0. The number of urea groups is 1. The minimum atomic E-state index is -0.635. The third-order valence-corrected chi connectivity index (χ3v) is 5.46. The fourth-order valence-electron chi connectivity index (χ4n) is 4.16. The zero-order valence-corrected chi connectivity index (χ0v) is 12.6. The lowest BCUT2D eigenvalue weighted by molar-refractivity contribution is -0.147. The molecule has 1 aliphatic heterocycles. The Morgan fingerprint density at radius 2 is 1.57 bits per heavy atom. The lowest BCUT2D eigenvalue weighted by atomic mass is 9.83. The Hall–Kier alpha value is -1.39. The van der Waals surface area contributed by atoms with Gasteiger partial charge in [0.2, 0.25) is 11.8 Å². The van der Waals surface area contributed by atoms with Crippen LogP contribution >= 0.6 is 0 Å². The highest BCUT2D eigenvalue weighted by Gasteiger charge is 2.47. The Morgan fingerprint density at radius 3 is 2.19 bits per heavy atom. The third-order valence-electron chi connectivity index (χ3n) is 5.46. The van der Waals surface area contributed by atoms with E-state index in [9.17, 15) is 14.4 Å². The summed E-state index contributed by atoms with van der Waals surface area (Å²) in [4.78, 5) is 38.4. The Labute approximate surface area is 125 Å². The van der Waals surface area contributed by atoms with Gasteiger partial charge in [0.1, 0.15) is 5.92 Å². The first-order valence-corrected chi connectivity index (χ1v) is 8.26. The van der Waals surface area contributed by atoms with Crippen molar-refractivity contribution in [2.24, 2.45) is 17.8 Å². The fraction of sp³-hybridized carbons (Fsp3) is 0.812. The van der Waals surface area contributed by atoms with Gasteiger partial charge in [-0.3, -0.25) is 19.8 Å². The van der Waals surface area contributed by atoms with Crippen molar-refractivity contribution in [3.05, 3.63) is 0 Å². The van der Waals surface area contributed by atoms with Crippen molar-refractivity contribution in [1.29, 1.82) is 0 Å². The molecule has 3 rings (SSSR count). The zero-order valence-electron chi connectivity index (χ0n) is 12.6. The van der Waals surface area contributed by atoms with Gasteiger partial charge in [-0.2, -0.15) is 0 Å². The highest BCUT2D eigenvalue weighted by molar-refractivity contribution is 6.16. The van der Waals surface area contributed by atoms with E-state index in [1.54, 1.807) is 0 Å². The van der Waals surface area contributed by atoms with Crippen molar-refractivity contribution < 1.29 is 14.4 Å². The molecular weight excluding hydrogens is 268 g/mol. The number of hydrogen-bond donors (Lipinski definition) is 1. The van der Waals surface area contributed by atoms with Gasteiger partial charge >= 0.3 is 6.03 Å². The second-order valence-corrected chi connectivity index (χ2v) is 6.94. The molecule has 1 saturated heterocycles. The molecule has 0 radical (unpaired) electrons. The van der Waals surface area contributed by atoms with Crippen molar-refractivity contribution in [2.75, 3.05) is 0 Å². The summed E-state index contributed by atoms with van der Waals surface area (Å²) in [6.07, 6.45) is 7.83. The quantitative estimate of drug-likeness (QED) is 0.795. The van der Waals surface area contributed by atoms with E-state index in [0.717, 1.165) is 51.4 Å². The van der Waals surface area contributed by atoms with Gasteiger partial charge in [0.15, 0.2) is 0 Å². The molecule has 1 heterocycles. The molecule has 3 fully saturated rings. The molecule has 1 atom stereocenters. The van der Waals surface area contributed by atoms with E-state index in [-0.39, 0.29) is 23.8 Å². The van der Waals surface area contributed by atoms with Crippen molar-refractivity contribution in [3.8, 4) is 0 Å². The van der Waals surface area contributed by atoms with Crippen LogP contribution in [0.4, 0.5) is 4.79 Å². The highest BCUT2D eigenvalue weighted by Crippen LogP contribution is 2.36. The van der Waals surface area contributed by atoms with Crippen LogP contribution in [-0.2, 0) is 9.59 Å². The number of barbiturate groups is 1. The molecule has 116 valence electrons. The van der Waals surface area contributed by atoms with Crippen molar-refractivity contribution in [3.63, 3.8) is 0 Å². The Kier molecular flexibility index (Phi) is 4.00. The molecule has 4 amide bonds. The van der Waals surface area contributed by atoms with Gasteiger partial charge in [0, 0.05) is 6.04 Å². The minimum Gasteiger partial charge on any atom is -0.277 e. The monoisotopic (exact) mass is 292 g/mol. The van der Waals surface area contributed by atoms with E-state index < -0.39 is 11.9 Å². The topological polar surface area (TPSA) is 66.5 Å². The molecule has 1 unspecified atom stereocenters. The van der Waals surface area contributed by atoms with Crippen molar-refractivity contribution in [1.82, 2.24) is 10.2 Å². The molecule has 0 aromatic carbocycles. The SMILES string of the molecule is CC1CCC(N2C(=O)NC(=O)C(C3CCCC3)C2=O)CC1. The van der Waals surface area contributed by atoms with E-state index in [1.165, 1.54) is 4.90 Å². The van der Waals surface area contributed by atoms with Gasteiger partial charge in [0.25, 0.3) is 0 Å². The lowest BCUT2D eigenvalue weighted by Crippen LogP contribution is -2.62. The molecule has 0 bridgehead atoms. The van der Waals surface area contributed by atoms with Crippen molar-refractivity contribution in [2.45, 2.75) is 64.3 Å². The number of carbonyl (C=O) groups excluding carboxylic acids is 3. The second kappa shape index (κ2) is 5.78. The van der Waals surface area contributed by atoms with Gasteiger partial charge in [-0.05, 0) is 50.4 Å².